The molecule has 1 amide bonds. The molecule has 0 aliphatic carbocycles. The monoisotopic (exact) mass is 474 g/mol. The number of benzene rings is 2. The van der Waals surface area contributed by atoms with Gasteiger partial charge in [-0.05, 0) is 42.0 Å². The number of aliphatic hydroxyl groups is 1. The summed E-state index contributed by atoms with van der Waals surface area (Å²) in [5.74, 6) is -1.36. The van der Waals surface area contributed by atoms with Crippen LogP contribution in [0.25, 0.3) is 5.76 Å². The molecule has 0 saturated carbocycles. The molecule has 1 atom stereocenters. The highest BCUT2D eigenvalue weighted by atomic mass is 32.2. The zero-order valence-corrected chi connectivity index (χ0v) is 19.6. The van der Waals surface area contributed by atoms with Crippen molar-refractivity contribution in [1.29, 1.82) is 0 Å². The molecule has 0 spiro atoms. The Kier molecular flexibility index (Phi) is 7.21. The highest BCUT2D eigenvalue weighted by Gasteiger charge is 2.45. The minimum atomic E-state index is -3.66. The number of likely N-dealkylation sites (tertiary alicyclic amines) is 1. The molecule has 10 heteroatoms. The number of rotatable bonds is 8. The standard InChI is InChI=1S/C23H26N2O7S/c1-24(2)33(29,30)18-11-7-16(8-12-18)21(26)19-20(15-5-9-17(32-4)10-6-15)25(13-14-31-3)23(28)22(19)27/h5-12,20,26H,13-14H2,1-4H3. The molecule has 2 aromatic carbocycles. The van der Waals surface area contributed by atoms with Crippen LogP contribution in [0.3, 0.4) is 0 Å². The number of methoxy groups -OCH3 is 2. The summed E-state index contributed by atoms with van der Waals surface area (Å²) < 4.78 is 36.0. The summed E-state index contributed by atoms with van der Waals surface area (Å²) in [6.07, 6.45) is 0. The van der Waals surface area contributed by atoms with Gasteiger partial charge in [0.1, 0.15) is 11.5 Å². The largest absolute Gasteiger partial charge is 0.507 e. The molecule has 1 aliphatic heterocycles. The molecule has 1 heterocycles. The van der Waals surface area contributed by atoms with Crippen LogP contribution in [-0.2, 0) is 24.3 Å². The van der Waals surface area contributed by atoms with Gasteiger partial charge in [-0.1, -0.05) is 12.1 Å². The number of nitrogens with zero attached hydrogens (tertiary/aromatic N) is 2. The van der Waals surface area contributed by atoms with Crippen LogP contribution in [0.15, 0.2) is 59.0 Å². The average molecular weight is 475 g/mol. The number of sulfonamides is 1. The first-order valence-corrected chi connectivity index (χ1v) is 11.5. The van der Waals surface area contributed by atoms with E-state index in [4.69, 9.17) is 9.47 Å². The van der Waals surface area contributed by atoms with Gasteiger partial charge in [0, 0.05) is 33.3 Å². The highest BCUT2D eigenvalue weighted by Crippen LogP contribution is 2.39. The third-order valence-electron chi connectivity index (χ3n) is 5.41. The molecular formula is C23H26N2O7S. The van der Waals surface area contributed by atoms with E-state index in [1.807, 2.05) is 0 Å². The fourth-order valence-corrected chi connectivity index (χ4v) is 4.49. The Morgan fingerprint density at radius 1 is 1.03 bits per heavy atom. The minimum Gasteiger partial charge on any atom is -0.507 e. The van der Waals surface area contributed by atoms with E-state index in [1.54, 1.807) is 24.3 Å². The fourth-order valence-electron chi connectivity index (χ4n) is 3.58. The normalized spacial score (nSPS) is 18.2. The predicted molar refractivity (Wildman–Crippen MR) is 121 cm³/mol. The Hall–Kier alpha value is -3.21. The second kappa shape index (κ2) is 9.74. The van der Waals surface area contributed by atoms with E-state index in [9.17, 15) is 23.1 Å². The summed E-state index contributed by atoms with van der Waals surface area (Å²) in [5, 5.41) is 11.1. The summed E-state index contributed by atoms with van der Waals surface area (Å²) in [7, 11) is 2.19. The molecule has 1 aliphatic rings. The van der Waals surface area contributed by atoms with Crippen LogP contribution in [0.4, 0.5) is 0 Å². The minimum absolute atomic E-state index is 0.0382. The van der Waals surface area contributed by atoms with Crippen molar-refractivity contribution in [3.8, 4) is 5.75 Å². The van der Waals surface area contributed by atoms with Crippen LogP contribution in [-0.4, -0.2) is 75.9 Å². The van der Waals surface area contributed by atoms with Gasteiger partial charge in [0.25, 0.3) is 11.7 Å². The van der Waals surface area contributed by atoms with E-state index in [-0.39, 0.29) is 34.9 Å². The van der Waals surface area contributed by atoms with E-state index in [2.05, 4.69) is 0 Å². The summed E-state index contributed by atoms with van der Waals surface area (Å²) in [5.41, 5.74) is 0.750. The molecule has 33 heavy (non-hydrogen) atoms. The molecule has 2 aromatic rings. The molecule has 0 aromatic heterocycles. The van der Waals surface area contributed by atoms with Gasteiger partial charge in [-0.25, -0.2) is 12.7 Å². The van der Waals surface area contributed by atoms with Crippen LogP contribution >= 0.6 is 0 Å². The van der Waals surface area contributed by atoms with Gasteiger partial charge in [0.15, 0.2) is 0 Å². The topological polar surface area (TPSA) is 113 Å². The third-order valence-corrected chi connectivity index (χ3v) is 7.24. The van der Waals surface area contributed by atoms with Crippen LogP contribution in [0.1, 0.15) is 17.2 Å². The van der Waals surface area contributed by atoms with Crippen molar-refractivity contribution in [2.24, 2.45) is 0 Å². The zero-order valence-electron chi connectivity index (χ0n) is 18.8. The van der Waals surface area contributed by atoms with Gasteiger partial charge in [0.05, 0.1) is 30.2 Å². The van der Waals surface area contributed by atoms with Crippen LogP contribution in [0.2, 0.25) is 0 Å². The van der Waals surface area contributed by atoms with E-state index in [1.165, 1.54) is 57.5 Å². The van der Waals surface area contributed by atoms with Gasteiger partial charge < -0.3 is 19.5 Å². The number of hydrogen-bond donors (Lipinski definition) is 1. The van der Waals surface area contributed by atoms with Crippen LogP contribution in [0.5, 0.6) is 5.75 Å². The predicted octanol–water partition coefficient (Wildman–Crippen LogP) is 2.01. The summed E-state index contributed by atoms with van der Waals surface area (Å²) in [6.45, 7) is 0.353. The first kappa shape index (κ1) is 24.4. The summed E-state index contributed by atoms with van der Waals surface area (Å²) in [4.78, 5) is 27.1. The number of ether oxygens (including phenoxy) is 2. The average Bonchev–Trinajstić information content (AvgIpc) is 3.07. The van der Waals surface area contributed by atoms with Crippen molar-refractivity contribution < 1.29 is 32.6 Å². The lowest BCUT2D eigenvalue weighted by molar-refractivity contribution is -0.140. The number of aliphatic hydroxyl groups excluding tert-OH is 1. The number of ketones is 1. The maximum Gasteiger partial charge on any atom is 0.295 e. The first-order valence-electron chi connectivity index (χ1n) is 10.1. The molecular weight excluding hydrogens is 448 g/mol. The second-order valence-electron chi connectivity index (χ2n) is 7.57. The van der Waals surface area contributed by atoms with Crippen molar-refractivity contribution in [2.45, 2.75) is 10.9 Å². The van der Waals surface area contributed by atoms with Crippen LogP contribution in [0, 0.1) is 0 Å². The molecule has 9 nitrogen and oxygen atoms in total. The zero-order chi connectivity index (χ0) is 24.3. The number of amides is 1. The van der Waals surface area contributed by atoms with E-state index >= 15 is 0 Å². The van der Waals surface area contributed by atoms with Crippen molar-refractivity contribution in [1.82, 2.24) is 9.21 Å². The Labute approximate surface area is 192 Å². The Morgan fingerprint density at radius 3 is 2.15 bits per heavy atom. The SMILES string of the molecule is COCCN1C(=O)C(=O)C(=C(O)c2ccc(S(=O)(=O)N(C)C)cc2)C1c1ccc(OC)cc1. The van der Waals surface area contributed by atoms with Gasteiger partial charge in [-0.2, -0.15) is 0 Å². The van der Waals surface area contributed by atoms with Gasteiger partial charge in [-0.3, -0.25) is 9.59 Å². The molecule has 0 radical (unpaired) electrons. The first-order chi connectivity index (χ1) is 15.6. The number of carbonyl (C=O) groups excluding carboxylic acids is 2. The van der Waals surface area contributed by atoms with E-state index < -0.39 is 27.8 Å². The van der Waals surface area contributed by atoms with Crippen molar-refractivity contribution >= 4 is 27.5 Å². The summed E-state index contributed by atoms with van der Waals surface area (Å²) >= 11 is 0. The molecule has 1 saturated heterocycles. The Bertz CT molecular complexity index is 1170. The quantitative estimate of drug-likeness (QED) is 0.354. The van der Waals surface area contributed by atoms with Crippen LogP contribution < -0.4 is 4.74 Å². The fraction of sp³-hybridized carbons (Fsp3) is 0.304. The second-order valence-corrected chi connectivity index (χ2v) is 9.72. The molecule has 1 unspecified atom stereocenters. The van der Waals surface area contributed by atoms with Crippen molar-refractivity contribution in [3.05, 3.63) is 65.2 Å². The number of carbonyl (C=O) groups is 2. The van der Waals surface area contributed by atoms with Crippen molar-refractivity contribution in [3.63, 3.8) is 0 Å². The lowest BCUT2D eigenvalue weighted by atomic mass is 9.95. The molecule has 1 fully saturated rings. The molecule has 176 valence electrons. The van der Waals surface area contributed by atoms with Crippen molar-refractivity contribution in [2.75, 3.05) is 41.5 Å². The Morgan fingerprint density at radius 2 is 1.64 bits per heavy atom. The number of Topliss-reactive ketones (excluding diaryl/α,β-unsaturated/α-hetero) is 1. The lowest BCUT2D eigenvalue weighted by Gasteiger charge is -2.25. The van der Waals surface area contributed by atoms with Gasteiger partial charge >= 0.3 is 0 Å². The molecule has 0 bridgehead atoms. The smallest absolute Gasteiger partial charge is 0.295 e. The molecule has 3 rings (SSSR count). The van der Waals surface area contributed by atoms with E-state index in [0.717, 1.165) is 4.31 Å². The number of hydrogen-bond acceptors (Lipinski definition) is 7. The van der Waals surface area contributed by atoms with Gasteiger partial charge in [-0.15, -0.1) is 0 Å². The van der Waals surface area contributed by atoms with Gasteiger partial charge in [0.2, 0.25) is 10.0 Å². The maximum atomic E-state index is 12.9. The Balaban J connectivity index is 2.11. The maximum absolute atomic E-state index is 12.9. The summed E-state index contributed by atoms with van der Waals surface area (Å²) in [6, 6.07) is 11.5. The third kappa shape index (κ3) is 4.63. The lowest BCUT2D eigenvalue weighted by Crippen LogP contribution is -2.32. The van der Waals surface area contributed by atoms with E-state index in [0.29, 0.717) is 11.3 Å². The molecule has 1 N–H and O–H groups in total. The highest BCUT2D eigenvalue weighted by molar-refractivity contribution is 7.89.